The Balaban J connectivity index is 1.75. The Morgan fingerprint density at radius 2 is 2.00 bits per heavy atom. The third kappa shape index (κ3) is 4.34. The van der Waals surface area contributed by atoms with Gasteiger partial charge < -0.3 is 10.5 Å². The summed E-state index contributed by atoms with van der Waals surface area (Å²) in [6, 6.07) is 6.49. The summed E-state index contributed by atoms with van der Waals surface area (Å²) in [5, 5.41) is 4.67. The first-order valence-corrected chi connectivity index (χ1v) is 10.1. The molecule has 0 amide bonds. The fraction of sp³-hybridized carbons (Fsp3) is 0.318. The maximum Gasteiger partial charge on any atom is 0.387 e. The van der Waals surface area contributed by atoms with Crippen molar-refractivity contribution in [3.63, 3.8) is 0 Å². The van der Waals surface area contributed by atoms with Crippen molar-refractivity contribution in [3.05, 3.63) is 41.7 Å². The predicted molar refractivity (Wildman–Crippen MR) is 119 cm³/mol. The van der Waals surface area contributed by atoms with Crippen molar-refractivity contribution in [3.8, 4) is 28.3 Å². The van der Waals surface area contributed by atoms with Gasteiger partial charge in [0.2, 0.25) is 0 Å². The number of benzene rings is 1. The molecule has 0 saturated carbocycles. The maximum absolute atomic E-state index is 12.5. The van der Waals surface area contributed by atoms with Crippen LogP contribution in [0, 0.1) is 0 Å². The van der Waals surface area contributed by atoms with Crippen molar-refractivity contribution >= 4 is 17.5 Å². The first kappa shape index (κ1) is 21.5. The molecule has 0 bridgehead atoms. The summed E-state index contributed by atoms with van der Waals surface area (Å²) in [6.45, 7) is -0.991. The number of amidine groups is 1. The van der Waals surface area contributed by atoms with Gasteiger partial charge in [-0.25, -0.2) is 9.97 Å². The summed E-state index contributed by atoms with van der Waals surface area (Å²) in [7, 11) is 3.55. The summed E-state index contributed by atoms with van der Waals surface area (Å²) >= 11 is 0. The number of ether oxygens (including phenoxy) is 1. The Kier molecular flexibility index (Phi) is 5.93. The standard InChI is InChI=1S/C22H23F2N7O/c1-12(26-2)10-17(25)28-22-27-11-14-6-9-16-18(19(14)29-22)20(31(3)30-16)13-4-7-15(8-5-13)32-21(23)24/h4-5,7-8,11,21H,6,9-10H2,1-3H3,(H2,25,27,28,29). The van der Waals surface area contributed by atoms with Gasteiger partial charge in [-0.3, -0.25) is 9.67 Å². The van der Waals surface area contributed by atoms with Crippen LogP contribution in [0.2, 0.25) is 0 Å². The Hall–Kier alpha value is -3.69. The molecule has 0 atom stereocenters. The van der Waals surface area contributed by atoms with E-state index in [-0.39, 0.29) is 11.7 Å². The molecule has 0 unspecified atom stereocenters. The van der Waals surface area contributed by atoms with E-state index < -0.39 is 6.61 Å². The normalized spacial score (nSPS) is 13.8. The van der Waals surface area contributed by atoms with Crippen LogP contribution in [0.3, 0.4) is 0 Å². The van der Waals surface area contributed by atoms with E-state index >= 15 is 0 Å². The third-order valence-electron chi connectivity index (χ3n) is 5.25. The van der Waals surface area contributed by atoms with Crippen LogP contribution in [0.15, 0.2) is 40.4 Å². The van der Waals surface area contributed by atoms with Gasteiger partial charge in [0.15, 0.2) is 0 Å². The lowest BCUT2D eigenvalue weighted by Gasteiger charge is -2.16. The molecule has 10 heteroatoms. The zero-order chi connectivity index (χ0) is 22.8. The Morgan fingerprint density at radius 3 is 2.69 bits per heavy atom. The lowest BCUT2D eigenvalue weighted by Crippen LogP contribution is -2.15. The lowest BCUT2D eigenvalue weighted by molar-refractivity contribution is -0.0498. The number of rotatable bonds is 6. The minimum Gasteiger partial charge on any atom is -0.435 e. The number of nitrogens with two attached hydrogens (primary N) is 1. The minimum absolute atomic E-state index is 0.0977. The summed E-state index contributed by atoms with van der Waals surface area (Å²) in [5.74, 6) is 0.749. The highest BCUT2D eigenvalue weighted by molar-refractivity contribution is 6.02. The van der Waals surface area contributed by atoms with Gasteiger partial charge in [0.1, 0.15) is 11.6 Å². The van der Waals surface area contributed by atoms with E-state index in [2.05, 4.69) is 29.8 Å². The number of hydrogen-bond acceptors (Lipinski definition) is 6. The van der Waals surface area contributed by atoms with Gasteiger partial charge in [0.05, 0.1) is 17.1 Å². The van der Waals surface area contributed by atoms with Crippen LogP contribution in [0.1, 0.15) is 24.6 Å². The van der Waals surface area contributed by atoms with Crippen molar-refractivity contribution in [2.45, 2.75) is 32.8 Å². The highest BCUT2D eigenvalue weighted by Gasteiger charge is 2.27. The number of aromatic nitrogens is 4. The number of aryl methyl sites for hydroxylation is 3. The molecule has 1 aliphatic carbocycles. The average molecular weight is 439 g/mol. The highest BCUT2D eigenvalue weighted by atomic mass is 19.3. The Bertz CT molecular complexity index is 1200. The molecule has 1 aliphatic rings. The van der Waals surface area contributed by atoms with Gasteiger partial charge in [-0.1, -0.05) is 0 Å². The van der Waals surface area contributed by atoms with Crippen LogP contribution in [0.25, 0.3) is 22.5 Å². The molecule has 8 nitrogen and oxygen atoms in total. The second-order valence-electron chi connectivity index (χ2n) is 7.48. The maximum atomic E-state index is 12.5. The second-order valence-corrected chi connectivity index (χ2v) is 7.48. The zero-order valence-corrected chi connectivity index (χ0v) is 18.0. The van der Waals surface area contributed by atoms with Crippen LogP contribution < -0.4 is 10.5 Å². The molecule has 3 aromatic rings. The molecule has 0 aliphatic heterocycles. The van der Waals surface area contributed by atoms with E-state index in [4.69, 9.17) is 5.73 Å². The van der Waals surface area contributed by atoms with E-state index in [1.54, 1.807) is 30.1 Å². The van der Waals surface area contributed by atoms with E-state index in [1.807, 2.05) is 14.0 Å². The second kappa shape index (κ2) is 8.81. The fourth-order valence-electron chi connectivity index (χ4n) is 3.74. The molecule has 2 aromatic heterocycles. The number of fused-ring (bicyclic) bond motifs is 3. The van der Waals surface area contributed by atoms with E-state index in [1.165, 1.54) is 12.1 Å². The molecule has 0 saturated heterocycles. The molecule has 0 fully saturated rings. The minimum atomic E-state index is -2.87. The summed E-state index contributed by atoms with van der Waals surface area (Å²) < 4.78 is 31.2. The van der Waals surface area contributed by atoms with Gasteiger partial charge in [-0.05, 0) is 49.6 Å². The van der Waals surface area contributed by atoms with E-state index in [0.29, 0.717) is 12.3 Å². The molecular weight excluding hydrogens is 416 g/mol. The van der Waals surface area contributed by atoms with Gasteiger partial charge in [0, 0.05) is 43.6 Å². The molecule has 1 aromatic carbocycles. The number of nitrogens with zero attached hydrogens (tertiary/aromatic N) is 6. The monoisotopic (exact) mass is 439 g/mol. The van der Waals surface area contributed by atoms with Crippen molar-refractivity contribution in [2.75, 3.05) is 7.05 Å². The van der Waals surface area contributed by atoms with E-state index in [9.17, 15) is 8.78 Å². The Labute approximate surface area is 183 Å². The predicted octanol–water partition coefficient (Wildman–Crippen LogP) is 3.71. The molecule has 0 spiro atoms. The van der Waals surface area contributed by atoms with Crippen LogP contribution in [-0.4, -0.2) is 45.0 Å². The zero-order valence-electron chi connectivity index (χ0n) is 18.0. The van der Waals surface area contributed by atoms with Crippen LogP contribution in [0.5, 0.6) is 5.75 Å². The van der Waals surface area contributed by atoms with Crippen LogP contribution >= 0.6 is 0 Å². The van der Waals surface area contributed by atoms with E-state index in [0.717, 1.165) is 52.3 Å². The van der Waals surface area contributed by atoms with Crippen molar-refractivity contribution in [1.29, 1.82) is 0 Å². The molecule has 4 rings (SSSR count). The lowest BCUT2D eigenvalue weighted by atomic mass is 9.91. The summed E-state index contributed by atoms with van der Waals surface area (Å²) in [4.78, 5) is 17.5. The SMILES string of the molecule is CN=C(C)CC(N)=Nc1ncc2c(n1)-c1c(nn(C)c1-c1ccc(OC(F)F)cc1)CC2. The molecular formula is C22H23F2N7O. The number of alkyl halides is 2. The molecule has 2 N–H and O–H groups in total. The smallest absolute Gasteiger partial charge is 0.387 e. The van der Waals surface area contributed by atoms with Gasteiger partial charge in [0.25, 0.3) is 5.95 Å². The fourth-order valence-corrected chi connectivity index (χ4v) is 3.74. The summed E-state index contributed by atoms with van der Waals surface area (Å²) in [6.07, 6.45) is 3.73. The van der Waals surface area contributed by atoms with Gasteiger partial charge in [-0.2, -0.15) is 18.9 Å². The average Bonchev–Trinajstić information content (AvgIpc) is 3.10. The Morgan fingerprint density at radius 1 is 1.25 bits per heavy atom. The first-order chi connectivity index (χ1) is 15.4. The van der Waals surface area contributed by atoms with Gasteiger partial charge in [-0.15, -0.1) is 0 Å². The largest absolute Gasteiger partial charge is 0.435 e. The molecule has 166 valence electrons. The first-order valence-electron chi connectivity index (χ1n) is 10.1. The van der Waals surface area contributed by atoms with Crippen molar-refractivity contribution < 1.29 is 13.5 Å². The quantitative estimate of drug-likeness (QED) is 0.466. The summed E-state index contributed by atoms with van der Waals surface area (Å²) in [5.41, 5.74) is 12.1. The topological polar surface area (TPSA) is 104 Å². The molecule has 2 heterocycles. The van der Waals surface area contributed by atoms with Crippen LogP contribution in [-0.2, 0) is 19.9 Å². The number of aliphatic imine (C=N–C) groups is 2. The molecule has 32 heavy (non-hydrogen) atoms. The van der Waals surface area contributed by atoms with Gasteiger partial charge >= 0.3 is 6.61 Å². The highest BCUT2D eigenvalue weighted by Crippen LogP contribution is 2.40. The third-order valence-corrected chi connectivity index (χ3v) is 5.25. The number of halogens is 2. The van der Waals surface area contributed by atoms with Crippen molar-refractivity contribution in [2.24, 2.45) is 22.8 Å². The van der Waals surface area contributed by atoms with Crippen molar-refractivity contribution in [1.82, 2.24) is 19.7 Å². The van der Waals surface area contributed by atoms with Crippen LogP contribution in [0.4, 0.5) is 14.7 Å². The molecule has 0 radical (unpaired) electrons. The number of hydrogen-bond donors (Lipinski definition) is 1.